The second kappa shape index (κ2) is 27.8. The van der Waals surface area contributed by atoms with Gasteiger partial charge in [0.25, 0.3) is 0 Å². The molecule has 5 atom stereocenters. The lowest BCUT2D eigenvalue weighted by Crippen LogP contribution is -2.21. The summed E-state index contributed by atoms with van der Waals surface area (Å²) in [5.41, 5.74) is -0.0244. The van der Waals surface area contributed by atoms with Crippen molar-refractivity contribution < 1.29 is 132 Å². The number of halogens is 21. The third-order valence-corrected chi connectivity index (χ3v) is 12.9. The molecule has 0 heterocycles. The first-order chi connectivity index (χ1) is 44.1. The van der Waals surface area contributed by atoms with Crippen molar-refractivity contribution in [2.24, 2.45) is 29.6 Å². The molecule has 0 radical (unpaired) electrons. The van der Waals surface area contributed by atoms with Gasteiger partial charge in [0.15, 0.2) is 46.4 Å². The summed E-state index contributed by atoms with van der Waals surface area (Å²) >= 11 is 0. The number of hydrogen-bond donors (Lipinski definition) is 0. The molecule has 0 bridgehead atoms. The zero-order valence-electron chi connectivity index (χ0n) is 57.4. The number of benzene rings is 5. The first-order valence-corrected chi connectivity index (χ1v) is 25.7. The van der Waals surface area contributed by atoms with Gasteiger partial charge in [-0.25, -0.2) is 26.3 Å². The summed E-state index contributed by atoms with van der Waals surface area (Å²) in [5, 5.41) is 0. The van der Waals surface area contributed by atoms with Crippen molar-refractivity contribution in [3.8, 4) is 28.7 Å². The number of ether oxygens (including phenoxy) is 5. The minimum absolute atomic E-state index is 0.0104. The number of aryl methyl sites for hydroxylation is 2. The van der Waals surface area contributed by atoms with E-state index in [9.17, 15) is 92.2 Å². The summed E-state index contributed by atoms with van der Waals surface area (Å²) < 4.78 is 376. The van der Waals surface area contributed by atoms with Gasteiger partial charge in [0.1, 0.15) is 5.75 Å². The molecule has 0 aliphatic heterocycles. The van der Waals surface area contributed by atoms with Crippen LogP contribution in [0.15, 0.2) is 54.6 Å². The summed E-state index contributed by atoms with van der Waals surface area (Å²) in [6.45, 7) is 8.51. The molecule has 5 aromatic rings. The largest absolute Gasteiger partial charge is 0.573 e. The van der Waals surface area contributed by atoms with Crippen LogP contribution in [0, 0.1) is 64.5 Å². The molecule has 0 aromatic heterocycles. The molecule has 26 heteroatoms. The average molecular weight is 1270 g/mol. The van der Waals surface area contributed by atoms with Gasteiger partial charge in [-0.1, -0.05) is 46.8 Å². The fourth-order valence-electron chi connectivity index (χ4n) is 9.20. The molecule has 10 rings (SSSR count). The van der Waals surface area contributed by atoms with E-state index in [-0.39, 0.29) is 71.8 Å². The summed E-state index contributed by atoms with van der Waals surface area (Å²) in [4.78, 5) is 0. The van der Waals surface area contributed by atoms with Crippen molar-refractivity contribution in [2.45, 2.75) is 162 Å². The van der Waals surface area contributed by atoms with E-state index in [0.29, 0.717) is 54.5 Å². The molecule has 476 valence electrons. The van der Waals surface area contributed by atoms with Gasteiger partial charge in [0.05, 0.1) is 0 Å². The Bertz CT molecular complexity index is 3690. The SMILES string of the molecule is [2H]C1([2H])CC(C)Cc2cc(F)c(OC(F)(F)F)c(F)c21.[2H]C1([2H])CC(C)Cc2cc(F)c(OC(F)(F)F)cc21.[2H]C1([2H])CC(C)Cc2ccc(OC(F)(F)F)c(F)c21.[2H]C1([2H])CC(C)Cc2ccc(OC(F)(F)F)cc21.[2H]C1([2H])Cc2c(cc(F)c(OC(F)(F)F)c2F)C([2H])([2H])C1C. The van der Waals surface area contributed by atoms with E-state index in [2.05, 4.69) is 23.7 Å². The number of fused-ring (bicyclic) bond motifs is 5. The molecule has 0 N–H and O–H groups in total. The van der Waals surface area contributed by atoms with Crippen molar-refractivity contribution in [1.29, 1.82) is 0 Å². The lowest BCUT2D eigenvalue weighted by atomic mass is 9.84. The fourth-order valence-corrected chi connectivity index (χ4v) is 9.20. The molecule has 5 aromatic carbocycles. The monoisotopic (exact) mass is 1270 g/mol. The number of rotatable bonds is 5. The topological polar surface area (TPSA) is 46.2 Å². The van der Waals surface area contributed by atoms with Crippen LogP contribution in [0.5, 0.6) is 28.7 Å². The van der Waals surface area contributed by atoms with Crippen LogP contribution in [0.2, 0.25) is 0 Å². The van der Waals surface area contributed by atoms with Gasteiger partial charge >= 0.3 is 31.8 Å². The van der Waals surface area contributed by atoms with Crippen LogP contribution in [-0.4, -0.2) is 31.8 Å². The highest BCUT2D eigenvalue weighted by Crippen LogP contribution is 2.40. The molecule has 5 nitrogen and oxygen atoms in total. The highest BCUT2D eigenvalue weighted by atomic mass is 19.4. The Hall–Kier alpha value is -6.37. The third-order valence-electron chi connectivity index (χ3n) is 12.9. The Balaban J connectivity index is 0.000000194. The standard InChI is InChI=1S/2C12H11F5O.2C12H12F4O.C12H13F3O/c2*1-6-2-3-8-7(4-6)5-9(13)11(10(8)14)18-12(15,16)17;1-7-2-4-9-8(6-7)3-5-10(11(9)13)17-12(14,15)16;1-7-2-3-8-6-11(17-12(14,15)16)10(13)5-9(8)4-7;1-8-2-3-10-7-11(16-12(13,14)15)5-4-9(10)6-8/h2*5-6H,2-4H2,1H3;3,5,7H,2,4,6H2,1H3;5-7H,2-4H2,1H3;4-5,7-8H,2-3,6H2,1H3/i2D2,4D2;3D2;4D2;2*3D2. The molecule has 5 aliphatic carbocycles. The van der Waals surface area contributed by atoms with Gasteiger partial charge in [0.2, 0.25) is 11.5 Å². The minimum atomic E-state index is -5.32. The van der Waals surface area contributed by atoms with E-state index in [1.54, 1.807) is 6.92 Å². The van der Waals surface area contributed by atoms with Gasteiger partial charge in [-0.2, -0.15) is 0 Å². The maximum Gasteiger partial charge on any atom is 0.573 e. The quantitative estimate of drug-likeness (QED) is 0.164. The molecule has 5 aliphatic rings. The zero-order valence-corrected chi connectivity index (χ0v) is 45.4. The van der Waals surface area contributed by atoms with E-state index in [1.165, 1.54) is 25.1 Å². The molecule has 0 spiro atoms. The molecular formula is C60H59F21O5. The van der Waals surface area contributed by atoms with E-state index >= 15 is 0 Å². The predicted molar refractivity (Wildman–Crippen MR) is 271 cm³/mol. The molecule has 0 fully saturated rings. The van der Waals surface area contributed by atoms with Crippen molar-refractivity contribution in [1.82, 2.24) is 0 Å². The molecule has 0 saturated heterocycles. The number of hydrogen-bond acceptors (Lipinski definition) is 5. The highest BCUT2D eigenvalue weighted by molar-refractivity contribution is 5.44. The Morgan fingerprint density at radius 2 is 0.767 bits per heavy atom. The molecule has 0 amide bonds. The van der Waals surface area contributed by atoms with Gasteiger partial charge < -0.3 is 23.7 Å². The maximum absolute atomic E-state index is 14.2. The first-order valence-electron chi connectivity index (χ1n) is 31.7. The van der Waals surface area contributed by atoms with Crippen LogP contribution in [0.3, 0.4) is 0 Å². The Morgan fingerprint density at radius 1 is 0.360 bits per heavy atom. The van der Waals surface area contributed by atoms with Crippen molar-refractivity contribution >= 4 is 0 Å². The van der Waals surface area contributed by atoms with Crippen LogP contribution < -0.4 is 23.7 Å². The maximum atomic E-state index is 14.2. The second-order valence-electron chi connectivity index (χ2n) is 20.5. The van der Waals surface area contributed by atoms with Crippen LogP contribution in [0.25, 0.3) is 0 Å². The van der Waals surface area contributed by atoms with Crippen molar-refractivity contribution in [2.75, 3.05) is 0 Å². The summed E-state index contributed by atoms with van der Waals surface area (Å²) in [7, 11) is 0. The van der Waals surface area contributed by atoms with Crippen molar-refractivity contribution in [3.05, 3.63) is 145 Å². The zero-order chi connectivity index (χ0) is 74.8. The van der Waals surface area contributed by atoms with Gasteiger partial charge in [-0.3, -0.25) is 0 Å². The summed E-state index contributed by atoms with van der Waals surface area (Å²) in [6.07, 6.45) is -35.8. The highest BCUT2D eigenvalue weighted by Gasteiger charge is 2.39. The second-order valence-corrected chi connectivity index (χ2v) is 20.5. The first kappa shape index (κ1) is 52.7. The van der Waals surface area contributed by atoms with E-state index in [1.807, 2.05) is 20.8 Å². The molecule has 0 saturated carbocycles. The van der Waals surface area contributed by atoms with E-state index in [0.717, 1.165) is 29.8 Å². The Morgan fingerprint density at radius 3 is 1.29 bits per heavy atom. The summed E-state index contributed by atoms with van der Waals surface area (Å²) in [5.74, 6) is -15.7. The van der Waals surface area contributed by atoms with Gasteiger partial charge in [-0.05, 0) is 224 Å². The smallest absolute Gasteiger partial charge is 0.406 e. The van der Waals surface area contributed by atoms with Crippen LogP contribution in [0.1, 0.15) is 139 Å². The van der Waals surface area contributed by atoms with Gasteiger partial charge in [0, 0.05) is 16.4 Å². The Kier molecular flexibility index (Phi) is 17.0. The minimum Gasteiger partial charge on any atom is -0.406 e. The normalized spacial score (nSPS) is 25.4. The lowest BCUT2D eigenvalue weighted by molar-refractivity contribution is -0.277. The Labute approximate surface area is 498 Å². The van der Waals surface area contributed by atoms with E-state index < -0.39 is 157 Å². The molecule has 5 unspecified atom stereocenters. The van der Waals surface area contributed by atoms with E-state index in [4.69, 9.17) is 16.4 Å². The predicted octanol–water partition coefficient (Wildman–Crippen LogP) is 19.4. The van der Waals surface area contributed by atoms with Crippen LogP contribution in [0.4, 0.5) is 92.2 Å². The fraction of sp³-hybridized carbons (Fsp3) is 0.500. The van der Waals surface area contributed by atoms with Crippen molar-refractivity contribution in [3.63, 3.8) is 0 Å². The lowest BCUT2D eigenvalue weighted by Gasteiger charge is -2.23. The number of alkyl halides is 15. The third kappa shape index (κ3) is 20.4. The summed E-state index contributed by atoms with van der Waals surface area (Å²) in [6, 6.07) is 9.02. The average Bonchev–Trinajstić information content (AvgIpc) is 0.743. The van der Waals surface area contributed by atoms with Crippen LogP contribution in [-0.2, 0) is 64.0 Å². The van der Waals surface area contributed by atoms with Gasteiger partial charge in [-0.15, -0.1) is 65.9 Å². The van der Waals surface area contributed by atoms with Crippen LogP contribution >= 0.6 is 0 Å². The molecular weight excluding hydrogens is 1200 g/mol. The molecule has 86 heavy (non-hydrogen) atoms.